The van der Waals surface area contributed by atoms with Gasteiger partial charge < -0.3 is 10.0 Å². The molecule has 5 nitrogen and oxygen atoms in total. The Morgan fingerprint density at radius 1 is 1.50 bits per heavy atom. The lowest BCUT2D eigenvalue weighted by Crippen LogP contribution is -2.39. The average Bonchev–Trinajstić information content (AvgIpc) is 2.30. The number of aryl methyl sites for hydroxylation is 1. The van der Waals surface area contributed by atoms with Gasteiger partial charge in [0.2, 0.25) is 0 Å². The van der Waals surface area contributed by atoms with Crippen LogP contribution in [-0.2, 0) is 4.79 Å². The summed E-state index contributed by atoms with van der Waals surface area (Å²) >= 11 is 0. The van der Waals surface area contributed by atoms with E-state index in [2.05, 4.69) is 9.97 Å². The van der Waals surface area contributed by atoms with E-state index in [0.29, 0.717) is 6.54 Å². The average molecular weight is 221 g/mol. The summed E-state index contributed by atoms with van der Waals surface area (Å²) in [6.45, 7) is 3.30. The van der Waals surface area contributed by atoms with Gasteiger partial charge in [-0.15, -0.1) is 0 Å². The number of carbonyl (C=O) groups is 1. The van der Waals surface area contributed by atoms with Crippen LogP contribution in [0.1, 0.15) is 18.5 Å². The molecule has 1 aliphatic rings. The van der Waals surface area contributed by atoms with Crippen LogP contribution in [0.2, 0.25) is 0 Å². The fourth-order valence-electron chi connectivity index (χ4n) is 2.08. The Labute approximate surface area is 94.1 Å². The predicted octanol–water partition coefficient (Wildman–Crippen LogP) is 1.09. The molecule has 0 radical (unpaired) electrons. The van der Waals surface area contributed by atoms with Crippen LogP contribution < -0.4 is 4.90 Å². The maximum Gasteiger partial charge on any atom is 0.308 e. The number of carboxylic acid groups (broad SMARTS) is 1. The van der Waals surface area contributed by atoms with Crippen molar-refractivity contribution in [3.05, 3.63) is 18.1 Å². The fraction of sp³-hybridized carbons (Fsp3) is 0.545. The molecular formula is C11H15N3O2. The number of aromatic nitrogens is 2. The van der Waals surface area contributed by atoms with Crippen molar-refractivity contribution in [2.45, 2.75) is 19.8 Å². The molecule has 0 unspecified atom stereocenters. The van der Waals surface area contributed by atoms with Crippen molar-refractivity contribution in [3.63, 3.8) is 0 Å². The molecule has 0 saturated carbocycles. The van der Waals surface area contributed by atoms with Gasteiger partial charge in [0.1, 0.15) is 5.82 Å². The van der Waals surface area contributed by atoms with Gasteiger partial charge in [0.15, 0.2) is 0 Å². The smallest absolute Gasteiger partial charge is 0.308 e. The molecule has 0 spiro atoms. The van der Waals surface area contributed by atoms with Gasteiger partial charge in [0.05, 0.1) is 11.6 Å². The Kier molecular flexibility index (Phi) is 3.03. The van der Waals surface area contributed by atoms with Crippen LogP contribution in [0.15, 0.2) is 12.4 Å². The number of carboxylic acids is 1. The zero-order chi connectivity index (χ0) is 11.5. The number of nitrogens with zero attached hydrogens (tertiary/aromatic N) is 3. The zero-order valence-corrected chi connectivity index (χ0v) is 9.26. The highest BCUT2D eigenvalue weighted by Crippen LogP contribution is 2.22. The monoisotopic (exact) mass is 221 g/mol. The van der Waals surface area contributed by atoms with Crippen molar-refractivity contribution in [2.24, 2.45) is 5.92 Å². The number of hydrogen-bond donors (Lipinski definition) is 1. The Balaban J connectivity index is 2.16. The summed E-state index contributed by atoms with van der Waals surface area (Å²) in [5.41, 5.74) is 0.855. The Morgan fingerprint density at radius 2 is 2.25 bits per heavy atom. The zero-order valence-electron chi connectivity index (χ0n) is 9.26. The minimum absolute atomic E-state index is 0.282. The number of piperidine rings is 1. The Bertz CT molecular complexity index is 395. The largest absolute Gasteiger partial charge is 0.481 e. The first-order chi connectivity index (χ1) is 7.68. The van der Waals surface area contributed by atoms with Crippen LogP contribution in [-0.4, -0.2) is 34.1 Å². The molecule has 1 atom stereocenters. The second kappa shape index (κ2) is 4.47. The molecule has 1 fully saturated rings. The molecule has 1 aromatic rings. The molecule has 0 bridgehead atoms. The van der Waals surface area contributed by atoms with Crippen molar-refractivity contribution in [1.82, 2.24) is 9.97 Å². The molecule has 86 valence electrons. The van der Waals surface area contributed by atoms with Crippen LogP contribution in [0, 0.1) is 12.8 Å². The van der Waals surface area contributed by atoms with Crippen LogP contribution in [0.3, 0.4) is 0 Å². The maximum absolute atomic E-state index is 11.0. The van der Waals surface area contributed by atoms with Crippen LogP contribution in [0.4, 0.5) is 5.82 Å². The highest BCUT2D eigenvalue weighted by molar-refractivity contribution is 5.71. The second-order valence-corrected chi connectivity index (χ2v) is 4.09. The fourth-order valence-corrected chi connectivity index (χ4v) is 2.08. The quantitative estimate of drug-likeness (QED) is 0.809. The van der Waals surface area contributed by atoms with Crippen molar-refractivity contribution in [3.8, 4) is 0 Å². The summed E-state index contributed by atoms with van der Waals surface area (Å²) in [7, 11) is 0. The number of hydrogen-bond acceptors (Lipinski definition) is 4. The molecule has 5 heteroatoms. The molecule has 2 rings (SSSR count). The molecule has 16 heavy (non-hydrogen) atoms. The SMILES string of the molecule is Cc1nccnc1N1CCC[C@H](C(=O)O)C1. The predicted molar refractivity (Wildman–Crippen MR) is 59.3 cm³/mol. The molecule has 0 amide bonds. The van der Waals surface area contributed by atoms with Gasteiger partial charge in [-0.1, -0.05) is 0 Å². The second-order valence-electron chi connectivity index (χ2n) is 4.09. The third-order valence-corrected chi connectivity index (χ3v) is 2.93. The van der Waals surface area contributed by atoms with E-state index >= 15 is 0 Å². The number of anilines is 1. The van der Waals surface area contributed by atoms with E-state index in [1.54, 1.807) is 12.4 Å². The van der Waals surface area contributed by atoms with E-state index in [0.717, 1.165) is 30.9 Å². The van der Waals surface area contributed by atoms with Crippen molar-refractivity contribution >= 4 is 11.8 Å². The lowest BCUT2D eigenvalue weighted by Gasteiger charge is -2.32. The number of aliphatic carboxylic acids is 1. The van der Waals surface area contributed by atoms with Gasteiger partial charge in [-0.25, -0.2) is 4.98 Å². The van der Waals surface area contributed by atoms with Gasteiger partial charge in [-0.3, -0.25) is 9.78 Å². The third-order valence-electron chi connectivity index (χ3n) is 2.93. The summed E-state index contributed by atoms with van der Waals surface area (Å²) in [6, 6.07) is 0. The normalized spacial score (nSPS) is 20.8. The van der Waals surface area contributed by atoms with E-state index in [-0.39, 0.29) is 5.92 Å². The highest BCUT2D eigenvalue weighted by Gasteiger charge is 2.26. The first kappa shape index (κ1) is 10.9. The first-order valence-electron chi connectivity index (χ1n) is 5.44. The maximum atomic E-state index is 11.0. The Hall–Kier alpha value is -1.65. The van der Waals surface area contributed by atoms with E-state index in [4.69, 9.17) is 5.11 Å². The third kappa shape index (κ3) is 2.13. The van der Waals surface area contributed by atoms with E-state index < -0.39 is 5.97 Å². The summed E-state index contributed by atoms with van der Waals surface area (Å²) in [6.07, 6.45) is 4.95. The number of rotatable bonds is 2. The standard InChI is InChI=1S/C11H15N3O2/c1-8-10(13-5-4-12-8)14-6-2-3-9(7-14)11(15)16/h4-5,9H,2-3,6-7H2,1H3,(H,15,16)/t9-/m0/s1. The van der Waals surface area contributed by atoms with E-state index in [1.807, 2.05) is 11.8 Å². The van der Waals surface area contributed by atoms with Crippen LogP contribution in [0.5, 0.6) is 0 Å². The minimum atomic E-state index is -0.716. The molecular weight excluding hydrogens is 206 g/mol. The van der Waals surface area contributed by atoms with Gasteiger partial charge in [0.25, 0.3) is 0 Å². The molecule has 0 aliphatic carbocycles. The molecule has 1 saturated heterocycles. The molecule has 1 N–H and O–H groups in total. The lowest BCUT2D eigenvalue weighted by atomic mass is 9.98. The van der Waals surface area contributed by atoms with Crippen molar-refractivity contribution in [1.29, 1.82) is 0 Å². The van der Waals surface area contributed by atoms with Crippen LogP contribution in [0.25, 0.3) is 0 Å². The van der Waals surface area contributed by atoms with E-state index in [1.165, 1.54) is 0 Å². The van der Waals surface area contributed by atoms with E-state index in [9.17, 15) is 4.79 Å². The Morgan fingerprint density at radius 3 is 2.94 bits per heavy atom. The summed E-state index contributed by atoms with van der Waals surface area (Å²) in [5.74, 6) is -0.185. The van der Waals surface area contributed by atoms with Crippen LogP contribution >= 0.6 is 0 Å². The molecule has 0 aromatic carbocycles. The van der Waals surface area contributed by atoms with Gasteiger partial charge in [-0.05, 0) is 19.8 Å². The molecule has 1 aliphatic heterocycles. The molecule has 2 heterocycles. The highest BCUT2D eigenvalue weighted by atomic mass is 16.4. The van der Waals surface area contributed by atoms with Gasteiger partial charge in [-0.2, -0.15) is 0 Å². The van der Waals surface area contributed by atoms with Gasteiger partial charge in [0, 0.05) is 25.5 Å². The lowest BCUT2D eigenvalue weighted by molar-refractivity contribution is -0.141. The molecule has 1 aromatic heterocycles. The van der Waals surface area contributed by atoms with Gasteiger partial charge >= 0.3 is 5.97 Å². The van der Waals surface area contributed by atoms with Crippen molar-refractivity contribution < 1.29 is 9.90 Å². The first-order valence-corrected chi connectivity index (χ1v) is 5.44. The minimum Gasteiger partial charge on any atom is -0.481 e. The summed E-state index contributed by atoms with van der Waals surface area (Å²) < 4.78 is 0. The topological polar surface area (TPSA) is 66.3 Å². The summed E-state index contributed by atoms with van der Waals surface area (Å²) in [4.78, 5) is 21.4. The van der Waals surface area contributed by atoms with Crippen molar-refractivity contribution in [2.75, 3.05) is 18.0 Å². The summed E-state index contributed by atoms with van der Waals surface area (Å²) in [5, 5.41) is 9.01.